The van der Waals surface area contributed by atoms with E-state index in [0.29, 0.717) is 22.6 Å². The molecule has 2 aliphatic heterocycles. The molecule has 1 spiro atoms. The van der Waals surface area contributed by atoms with Crippen molar-refractivity contribution in [2.75, 3.05) is 4.90 Å². The van der Waals surface area contributed by atoms with E-state index in [4.69, 9.17) is 14.7 Å². The number of pyridine rings is 2. The molecule has 0 atom stereocenters. The third-order valence-electron chi connectivity index (χ3n) is 17.4. The molecular formula is C73H40N8OS. The second-order valence-electron chi connectivity index (χ2n) is 21.5. The molecule has 7 heterocycles. The van der Waals surface area contributed by atoms with Crippen molar-refractivity contribution in [3.8, 4) is 52.1 Å². The molecule has 0 saturated heterocycles. The quantitative estimate of drug-likeness (QED) is 0.173. The summed E-state index contributed by atoms with van der Waals surface area (Å²) in [5, 5.41) is 26.9. The molecule has 0 bridgehead atoms. The van der Waals surface area contributed by atoms with Crippen molar-refractivity contribution >= 4 is 94.2 Å². The van der Waals surface area contributed by atoms with Gasteiger partial charge in [-0.3, -0.25) is 9.97 Å². The maximum absolute atomic E-state index is 10.3. The zero-order valence-corrected chi connectivity index (χ0v) is 44.8. The Hall–Kier alpha value is -11.2. The molecule has 0 N–H and O–H groups in total. The molecule has 0 radical (unpaired) electrons. The van der Waals surface area contributed by atoms with E-state index in [1.807, 2.05) is 48.8 Å². The molecule has 5 aromatic heterocycles. The van der Waals surface area contributed by atoms with E-state index in [1.165, 1.54) is 0 Å². The van der Waals surface area contributed by atoms with Gasteiger partial charge < -0.3 is 23.3 Å². The fourth-order valence-electron chi connectivity index (χ4n) is 14.1. The molecule has 0 fully saturated rings. The number of aromatic nitrogens is 5. The Morgan fingerprint density at radius 1 is 0.361 bits per heavy atom. The Bertz CT molecular complexity index is 5090. The van der Waals surface area contributed by atoms with Gasteiger partial charge in [-0.1, -0.05) is 133 Å². The number of ether oxygens (including phenoxy) is 1. The number of nitriles is 2. The van der Waals surface area contributed by atoms with Gasteiger partial charge in [0.1, 0.15) is 0 Å². The van der Waals surface area contributed by atoms with Crippen LogP contribution in [-0.2, 0) is 5.41 Å². The zero-order chi connectivity index (χ0) is 54.7. The Morgan fingerprint density at radius 3 is 1.23 bits per heavy atom. The van der Waals surface area contributed by atoms with Crippen molar-refractivity contribution in [3.05, 3.63) is 276 Å². The third kappa shape index (κ3) is 6.09. The summed E-state index contributed by atoms with van der Waals surface area (Å²) >= 11 is 1.77. The van der Waals surface area contributed by atoms with Crippen molar-refractivity contribution in [3.63, 3.8) is 0 Å². The van der Waals surface area contributed by atoms with Crippen LogP contribution in [0, 0.1) is 22.7 Å². The number of nitrogens with zero attached hydrogens (tertiary/aromatic N) is 8. The number of para-hydroxylation sites is 8. The van der Waals surface area contributed by atoms with Crippen LogP contribution in [0.5, 0.6) is 11.5 Å². The highest BCUT2D eigenvalue weighted by molar-refractivity contribution is 7.99. The SMILES string of the molecule is N#Cc1ccc2c(c1)c1cc(C#N)ccc1n2-c1cccc2c1Oc1c(N3c4ccccc4Sc4ccccc43)cccc1C21c2cc(-n3c4ccccc4c4ccccc43)cnc2-c2ncc(-n3c4ccccc4c4ccccc43)cc21. The molecule has 10 aromatic carbocycles. The standard InChI is InChI=1S/C73H40N8OS/c74-39-43-31-33-61-51(35-43)52-36-44(40-75)32-34-62(52)80(61)65-27-13-19-53-71(65)82-72-54(20-14-28-66(72)81-63-25-9-11-29-67(63)83-68-30-12-10-26-64(68)81)73(53)55-37-45(78-57-21-5-1-15-47(57)48-16-2-6-22-58(48)78)41-76-69(55)70-56(73)38-46(42-77-70)79-59-23-7-3-17-49(59)50-18-4-8-24-60(50)79/h1-38,41-42H. The smallest absolute Gasteiger partial charge is 0.156 e. The van der Waals surface area contributed by atoms with Crippen molar-refractivity contribution < 1.29 is 4.74 Å². The number of fused-ring (bicyclic) bond motifs is 20. The monoisotopic (exact) mass is 1080 g/mol. The lowest BCUT2D eigenvalue weighted by molar-refractivity contribution is 0.435. The molecular weight excluding hydrogens is 1040 g/mol. The molecule has 3 aliphatic rings. The summed E-state index contributed by atoms with van der Waals surface area (Å²) in [5.74, 6) is 1.34. The van der Waals surface area contributed by atoms with Crippen LogP contribution in [0.2, 0.25) is 0 Å². The molecule has 0 amide bonds. The molecule has 18 rings (SSSR count). The van der Waals surface area contributed by atoms with Gasteiger partial charge >= 0.3 is 0 Å². The number of rotatable bonds is 4. The Kier molecular flexibility index (Phi) is 9.32. The van der Waals surface area contributed by atoms with Gasteiger partial charge in [-0.25, -0.2) is 0 Å². The lowest BCUT2D eigenvalue weighted by Gasteiger charge is -2.42. The van der Waals surface area contributed by atoms with Gasteiger partial charge in [0.05, 0.1) is 120 Å². The predicted molar refractivity (Wildman–Crippen MR) is 331 cm³/mol. The van der Waals surface area contributed by atoms with E-state index in [2.05, 4.69) is 225 Å². The Labute approximate surface area is 479 Å². The fraction of sp³-hybridized carbons (Fsp3) is 0.0137. The summed E-state index contributed by atoms with van der Waals surface area (Å²) in [7, 11) is 0. The number of anilines is 3. The highest BCUT2D eigenvalue weighted by Gasteiger charge is 2.54. The van der Waals surface area contributed by atoms with Crippen LogP contribution in [0.15, 0.2) is 253 Å². The van der Waals surface area contributed by atoms with Crippen LogP contribution in [-0.4, -0.2) is 23.7 Å². The summed E-state index contributed by atoms with van der Waals surface area (Å²) in [4.78, 5) is 15.9. The fourth-order valence-corrected chi connectivity index (χ4v) is 15.1. The second-order valence-corrected chi connectivity index (χ2v) is 22.6. The van der Waals surface area contributed by atoms with Crippen molar-refractivity contribution in [1.82, 2.24) is 23.7 Å². The average molecular weight is 1080 g/mol. The molecule has 10 heteroatoms. The maximum Gasteiger partial charge on any atom is 0.156 e. The van der Waals surface area contributed by atoms with Gasteiger partial charge in [-0.2, -0.15) is 10.5 Å². The molecule has 1 aliphatic carbocycles. The van der Waals surface area contributed by atoms with Crippen molar-refractivity contribution in [1.29, 1.82) is 10.5 Å². The number of benzene rings is 10. The topological polar surface area (TPSA) is 101 Å². The number of hydrogen-bond donors (Lipinski definition) is 0. The van der Waals surface area contributed by atoms with E-state index in [9.17, 15) is 10.5 Å². The van der Waals surface area contributed by atoms with Crippen LogP contribution in [0.1, 0.15) is 33.4 Å². The van der Waals surface area contributed by atoms with Gasteiger partial charge in [-0.05, 0) is 109 Å². The van der Waals surface area contributed by atoms with E-state index in [-0.39, 0.29) is 0 Å². The van der Waals surface area contributed by atoms with Gasteiger partial charge in [0.2, 0.25) is 0 Å². The predicted octanol–water partition coefficient (Wildman–Crippen LogP) is 17.9. The molecule has 0 unspecified atom stereocenters. The summed E-state index contributed by atoms with van der Waals surface area (Å²) in [6.45, 7) is 0. The minimum Gasteiger partial charge on any atom is -0.452 e. The van der Waals surface area contributed by atoms with E-state index in [0.717, 1.165) is 143 Å². The summed E-state index contributed by atoms with van der Waals surface area (Å²) in [5.41, 5.74) is 16.9. The van der Waals surface area contributed by atoms with Crippen LogP contribution >= 0.6 is 11.8 Å². The van der Waals surface area contributed by atoms with E-state index < -0.39 is 5.41 Å². The first-order valence-corrected chi connectivity index (χ1v) is 28.4. The number of hydrogen-bond acceptors (Lipinski definition) is 7. The first-order valence-electron chi connectivity index (χ1n) is 27.6. The minimum absolute atomic E-state index is 0.528. The van der Waals surface area contributed by atoms with Gasteiger partial charge in [0.25, 0.3) is 0 Å². The van der Waals surface area contributed by atoms with Gasteiger partial charge in [0.15, 0.2) is 11.5 Å². The third-order valence-corrected chi connectivity index (χ3v) is 18.5. The Morgan fingerprint density at radius 2 is 0.759 bits per heavy atom. The summed E-state index contributed by atoms with van der Waals surface area (Å²) in [6.07, 6.45) is 4.03. The molecule has 83 heavy (non-hydrogen) atoms. The maximum atomic E-state index is 10.3. The van der Waals surface area contributed by atoms with Crippen LogP contribution in [0.25, 0.3) is 93.9 Å². The van der Waals surface area contributed by atoms with E-state index >= 15 is 0 Å². The van der Waals surface area contributed by atoms with Crippen molar-refractivity contribution in [2.45, 2.75) is 15.2 Å². The Balaban J connectivity index is 1.01. The first-order chi connectivity index (χ1) is 41.1. The van der Waals surface area contributed by atoms with Crippen molar-refractivity contribution in [2.24, 2.45) is 0 Å². The minimum atomic E-state index is -1.13. The normalized spacial score (nSPS) is 13.4. The molecule has 9 nitrogen and oxygen atoms in total. The van der Waals surface area contributed by atoms with Gasteiger partial charge in [0, 0.05) is 64.4 Å². The highest BCUT2D eigenvalue weighted by atomic mass is 32.2. The van der Waals surface area contributed by atoms with Crippen LogP contribution in [0.3, 0.4) is 0 Å². The van der Waals surface area contributed by atoms with Crippen LogP contribution in [0.4, 0.5) is 17.1 Å². The summed E-state index contributed by atoms with van der Waals surface area (Å²) in [6, 6.07) is 85.8. The average Bonchev–Trinajstić information content (AvgIpc) is 2.59. The second kappa shape index (κ2) is 16.9. The lowest BCUT2D eigenvalue weighted by atomic mass is 9.66. The van der Waals surface area contributed by atoms with Crippen LogP contribution < -0.4 is 9.64 Å². The molecule has 384 valence electrons. The molecule has 15 aromatic rings. The zero-order valence-electron chi connectivity index (χ0n) is 44.0. The van der Waals surface area contributed by atoms with E-state index in [1.54, 1.807) is 11.8 Å². The van der Waals surface area contributed by atoms with Gasteiger partial charge in [-0.15, -0.1) is 0 Å². The molecule has 0 saturated carbocycles. The first kappa shape index (κ1) is 45.7. The highest BCUT2D eigenvalue weighted by Crippen LogP contribution is 2.66. The largest absolute Gasteiger partial charge is 0.452 e. The lowest BCUT2D eigenvalue weighted by Crippen LogP contribution is -2.33. The summed E-state index contributed by atoms with van der Waals surface area (Å²) < 4.78 is 14.9.